The van der Waals surface area contributed by atoms with Crippen LogP contribution in [0.2, 0.25) is 0 Å². The highest BCUT2D eigenvalue weighted by Crippen LogP contribution is 2.24. The minimum Gasteiger partial charge on any atom is -0.508 e. The summed E-state index contributed by atoms with van der Waals surface area (Å²) in [5, 5.41) is 9.30. The van der Waals surface area contributed by atoms with Crippen LogP contribution in [0.1, 0.15) is 23.6 Å². The second-order valence-electron chi connectivity index (χ2n) is 5.22. The number of phenolic OH excluding ortho intramolecular Hbond substituents is 1. The minimum atomic E-state index is 0.236. The van der Waals surface area contributed by atoms with Crippen molar-refractivity contribution in [2.45, 2.75) is 20.5 Å². The van der Waals surface area contributed by atoms with Gasteiger partial charge in [-0.15, -0.1) is 0 Å². The lowest BCUT2D eigenvalue weighted by atomic mass is 9.96. The van der Waals surface area contributed by atoms with Crippen LogP contribution in [-0.4, -0.2) is 5.11 Å². The van der Waals surface area contributed by atoms with Gasteiger partial charge in [-0.25, -0.2) is 0 Å². The zero-order chi connectivity index (χ0) is 16.7. The molecule has 0 saturated carbocycles. The largest absolute Gasteiger partial charge is 0.508 e. The van der Waals surface area contributed by atoms with Crippen LogP contribution in [0.15, 0.2) is 73.3 Å². The Morgan fingerprint density at radius 1 is 1.17 bits per heavy atom. The first-order valence-corrected chi connectivity index (χ1v) is 7.61. The number of ether oxygens (including phenoxy) is 1. The van der Waals surface area contributed by atoms with E-state index in [2.05, 4.69) is 31.7 Å². The highest BCUT2D eigenvalue weighted by molar-refractivity contribution is 5.77. The maximum Gasteiger partial charge on any atom is 0.120 e. The molecule has 0 bridgehead atoms. The fourth-order valence-electron chi connectivity index (χ4n) is 2.32. The fourth-order valence-corrected chi connectivity index (χ4v) is 2.32. The molecule has 0 radical (unpaired) electrons. The molecule has 0 aliphatic carbocycles. The van der Waals surface area contributed by atoms with Gasteiger partial charge in [0.15, 0.2) is 0 Å². The lowest BCUT2D eigenvalue weighted by molar-refractivity contribution is 0.305. The number of benzene rings is 2. The average molecular weight is 306 g/mol. The van der Waals surface area contributed by atoms with Gasteiger partial charge in [-0.3, -0.25) is 0 Å². The van der Waals surface area contributed by atoms with E-state index in [-0.39, 0.29) is 5.75 Å². The van der Waals surface area contributed by atoms with Crippen LogP contribution in [-0.2, 0) is 6.61 Å². The Bertz CT molecular complexity index is 722. The molecule has 0 aliphatic rings. The van der Waals surface area contributed by atoms with Crippen molar-refractivity contribution in [2.75, 3.05) is 0 Å². The molecule has 2 aromatic carbocycles. The van der Waals surface area contributed by atoms with Gasteiger partial charge >= 0.3 is 0 Å². The summed E-state index contributed by atoms with van der Waals surface area (Å²) in [4.78, 5) is 0. The normalized spacial score (nSPS) is 11.7. The maximum atomic E-state index is 9.30. The number of hydrogen-bond donors (Lipinski definition) is 1. The van der Waals surface area contributed by atoms with Gasteiger partial charge in [0.25, 0.3) is 0 Å². The molecule has 0 heterocycles. The Morgan fingerprint density at radius 2 is 1.91 bits per heavy atom. The van der Waals surface area contributed by atoms with Gasteiger partial charge in [0.1, 0.15) is 18.1 Å². The second kappa shape index (κ2) is 8.04. The molecule has 0 fully saturated rings. The standard InChI is InChI=1S/C21H22O2/c1-4-6-8-17(5-2)21-10-7-9-18(16(21)3)15-23-20-13-11-19(22)12-14-20/h4-14,22H,2,15H2,1,3H3/b6-4-,17-8+. The number of hydrogen-bond acceptors (Lipinski definition) is 2. The summed E-state index contributed by atoms with van der Waals surface area (Å²) in [5.41, 5.74) is 4.56. The minimum absolute atomic E-state index is 0.236. The van der Waals surface area contributed by atoms with Gasteiger partial charge in [-0.2, -0.15) is 0 Å². The van der Waals surface area contributed by atoms with E-state index in [4.69, 9.17) is 4.74 Å². The van der Waals surface area contributed by atoms with Gasteiger partial charge in [-0.05, 0) is 60.4 Å². The molecule has 118 valence electrons. The zero-order valence-electron chi connectivity index (χ0n) is 13.6. The Hall–Kier alpha value is -2.74. The molecular weight excluding hydrogens is 284 g/mol. The average Bonchev–Trinajstić information content (AvgIpc) is 2.57. The Labute approximate surface area is 138 Å². The number of phenols is 1. The van der Waals surface area contributed by atoms with Gasteiger partial charge in [0.05, 0.1) is 0 Å². The van der Waals surface area contributed by atoms with E-state index in [9.17, 15) is 5.11 Å². The Balaban J connectivity index is 2.22. The van der Waals surface area contributed by atoms with Crippen molar-refractivity contribution < 1.29 is 9.84 Å². The molecule has 2 aromatic rings. The second-order valence-corrected chi connectivity index (χ2v) is 5.22. The molecule has 0 atom stereocenters. The SMILES string of the molecule is C=C/C(=C\C=C/C)c1cccc(COc2ccc(O)cc2)c1C. The molecule has 2 rings (SSSR count). The van der Waals surface area contributed by atoms with Crippen molar-refractivity contribution in [2.24, 2.45) is 0 Å². The van der Waals surface area contributed by atoms with E-state index < -0.39 is 0 Å². The predicted octanol–water partition coefficient (Wildman–Crippen LogP) is 5.43. The van der Waals surface area contributed by atoms with Crippen molar-refractivity contribution in [1.82, 2.24) is 0 Å². The summed E-state index contributed by atoms with van der Waals surface area (Å²) in [6, 6.07) is 12.9. The topological polar surface area (TPSA) is 29.5 Å². The van der Waals surface area contributed by atoms with E-state index in [1.807, 2.05) is 31.2 Å². The maximum absolute atomic E-state index is 9.30. The molecule has 2 heteroatoms. The number of aromatic hydroxyl groups is 1. The molecule has 0 saturated heterocycles. The Morgan fingerprint density at radius 3 is 2.57 bits per heavy atom. The summed E-state index contributed by atoms with van der Waals surface area (Å²) in [7, 11) is 0. The van der Waals surface area contributed by atoms with Crippen molar-refractivity contribution in [3.63, 3.8) is 0 Å². The number of rotatable bonds is 6. The van der Waals surface area contributed by atoms with Crippen LogP contribution < -0.4 is 4.74 Å². The predicted molar refractivity (Wildman–Crippen MR) is 96.6 cm³/mol. The van der Waals surface area contributed by atoms with Gasteiger partial charge in [0.2, 0.25) is 0 Å². The zero-order valence-corrected chi connectivity index (χ0v) is 13.6. The van der Waals surface area contributed by atoms with Crippen LogP contribution in [0.5, 0.6) is 11.5 Å². The fraction of sp³-hybridized carbons (Fsp3) is 0.143. The summed E-state index contributed by atoms with van der Waals surface area (Å²) in [5.74, 6) is 0.973. The summed E-state index contributed by atoms with van der Waals surface area (Å²) in [6.07, 6.45) is 7.93. The summed E-state index contributed by atoms with van der Waals surface area (Å²) < 4.78 is 5.81. The quantitative estimate of drug-likeness (QED) is 0.721. The van der Waals surface area contributed by atoms with Crippen LogP contribution in [0.4, 0.5) is 0 Å². The van der Waals surface area contributed by atoms with Crippen LogP contribution in [0.3, 0.4) is 0 Å². The van der Waals surface area contributed by atoms with Crippen LogP contribution >= 0.6 is 0 Å². The van der Waals surface area contributed by atoms with E-state index in [1.54, 1.807) is 24.3 Å². The highest BCUT2D eigenvalue weighted by Gasteiger charge is 2.07. The molecule has 0 spiro atoms. The van der Waals surface area contributed by atoms with E-state index in [0.29, 0.717) is 6.61 Å². The summed E-state index contributed by atoms with van der Waals surface area (Å²) >= 11 is 0. The van der Waals surface area contributed by atoms with Gasteiger partial charge in [0, 0.05) is 0 Å². The van der Waals surface area contributed by atoms with Crippen LogP contribution in [0.25, 0.3) is 5.57 Å². The Kier molecular flexibility index (Phi) is 5.81. The third-order valence-corrected chi connectivity index (χ3v) is 3.68. The molecule has 0 unspecified atom stereocenters. The molecule has 0 aromatic heterocycles. The number of allylic oxidation sites excluding steroid dienone is 5. The van der Waals surface area contributed by atoms with Crippen molar-refractivity contribution in [3.05, 3.63) is 90.0 Å². The molecule has 0 aliphatic heterocycles. The molecule has 2 nitrogen and oxygen atoms in total. The summed E-state index contributed by atoms with van der Waals surface area (Å²) in [6.45, 7) is 8.48. The van der Waals surface area contributed by atoms with Crippen molar-refractivity contribution in [1.29, 1.82) is 0 Å². The van der Waals surface area contributed by atoms with Crippen molar-refractivity contribution >= 4 is 5.57 Å². The first-order chi connectivity index (χ1) is 11.2. The van der Waals surface area contributed by atoms with E-state index in [1.165, 1.54) is 5.56 Å². The van der Waals surface area contributed by atoms with E-state index >= 15 is 0 Å². The van der Waals surface area contributed by atoms with Gasteiger partial charge in [-0.1, -0.05) is 49.1 Å². The molecule has 1 N–H and O–H groups in total. The smallest absolute Gasteiger partial charge is 0.120 e. The lowest BCUT2D eigenvalue weighted by Gasteiger charge is -2.13. The molecule has 23 heavy (non-hydrogen) atoms. The lowest BCUT2D eigenvalue weighted by Crippen LogP contribution is -2.00. The van der Waals surface area contributed by atoms with Crippen molar-refractivity contribution in [3.8, 4) is 11.5 Å². The monoisotopic (exact) mass is 306 g/mol. The van der Waals surface area contributed by atoms with Gasteiger partial charge < -0.3 is 9.84 Å². The first kappa shape index (κ1) is 16.6. The highest BCUT2D eigenvalue weighted by atomic mass is 16.5. The first-order valence-electron chi connectivity index (χ1n) is 7.61. The van der Waals surface area contributed by atoms with Crippen LogP contribution in [0, 0.1) is 6.92 Å². The molecule has 0 amide bonds. The third kappa shape index (κ3) is 4.36. The van der Waals surface area contributed by atoms with E-state index in [0.717, 1.165) is 22.4 Å². The third-order valence-electron chi connectivity index (χ3n) is 3.68. The molecular formula is C21H22O2.